The van der Waals surface area contributed by atoms with Crippen LogP contribution in [0.15, 0.2) is 0 Å². The summed E-state index contributed by atoms with van der Waals surface area (Å²) < 4.78 is 21.2. The normalized spacial score (nSPS) is 28.6. The van der Waals surface area contributed by atoms with Gasteiger partial charge in [0.15, 0.2) is 9.84 Å². The van der Waals surface area contributed by atoms with Gasteiger partial charge in [0.1, 0.15) is 5.88 Å². The van der Waals surface area contributed by atoms with Gasteiger partial charge in [0.25, 0.3) is 0 Å². The summed E-state index contributed by atoms with van der Waals surface area (Å²) in [4.78, 5) is 1.80. The van der Waals surface area contributed by atoms with Crippen molar-refractivity contribution >= 4 is 9.84 Å². The highest BCUT2D eigenvalue weighted by molar-refractivity contribution is 7.91. The second kappa shape index (κ2) is 1.70. The Morgan fingerprint density at radius 1 is 1.50 bits per heavy atom. The SMILES string of the molecule is CN1CCS(=O)(=O)C1. The third kappa shape index (κ3) is 1.20. The van der Waals surface area contributed by atoms with Gasteiger partial charge in [-0.05, 0) is 7.05 Å². The molecule has 1 aliphatic rings. The molecule has 0 saturated carbocycles. The zero-order valence-electron chi connectivity index (χ0n) is 4.79. The third-order valence-electron chi connectivity index (χ3n) is 1.20. The van der Waals surface area contributed by atoms with Crippen molar-refractivity contribution in [1.82, 2.24) is 4.90 Å². The number of hydrogen-bond acceptors (Lipinski definition) is 3. The van der Waals surface area contributed by atoms with Gasteiger partial charge in [-0.3, -0.25) is 4.90 Å². The van der Waals surface area contributed by atoms with Crippen molar-refractivity contribution < 1.29 is 8.42 Å². The fraction of sp³-hybridized carbons (Fsp3) is 1.00. The first-order valence-corrected chi connectivity index (χ1v) is 4.31. The van der Waals surface area contributed by atoms with Crippen molar-refractivity contribution in [2.24, 2.45) is 0 Å². The lowest BCUT2D eigenvalue weighted by Crippen LogP contribution is -2.13. The quantitative estimate of drug-likeness (QED) is 0.441. The lowest BCUT2D eigenvalue weighted by atomic mass is 10.7. The van der Waals surface area contributed by atoms with Crippen LogP contribution >= 0.6 is 0 Å². The fourth-order valence-corrected chi connectivity index (χ4v) is 2.28. The molecule has 1 fully saturated rings. The van der Waals surface area contributed by atoms with Gasteiger partial charge >= 0.3 is 0 Å². The predicted molar refractivity (Wildman–Crippen MR) is 31.3 cm³/mol. The zero-order valence-corrected chi connectivity index (χ0v) is 5.61. The molecule has 3 nitrogen and oxygen atoms in total. The summed E-state index contributed by atoms with van der Waals surface area (Å²) in [6, 6.07) is 0. The van der Waals surface area contributed by atoms with Crippen LogP contribution in [0.5, 0.6) is 0 Å². The van der Waals surface area contributed by atoms with Gasteiger partial charge in [0.05, 0.1) is 5.75 Å². The summed E-state index contributed by atoms with van der Waals surface area (Å²) in [5.74, 6) is 0.580. The Labute approximate surface area is 49.2 Å². The molecule has 48 valence electrons. The smallest absolute Gasteiger partial charge is 0.164 e. The summed E-state index contributed by atoms with van der Waals surface area (Å²) in [7, 11) is -0.859. The van der Waals surface area contributed by atoms with Crippen molar-refractivity contribution in [3.63, 3.8) is 0 Å². The summed E-state index contributed by atoms with van der Waals surface area (Å²) in [5, 5.41) is 0. The zero-order chi connectivity index (χ0) is 6.20. The Morgan fingerprint density at radius 2 is 2.12 bits per heavy atom. The Kier molecular flexibility index (Phi) is 1.28. The second-order valence-electron chi connectivity index (χ2n) is 2.16. The Hall–Kier alpha value is -0.0900. The van der Waals surface area contributed by atoms with E-state index in [0.29, 0.717) is 12.3 Å². The highest BCUT2D eigenvalue weighted by atomic mass is 32.2. The number of hydrogen-bond donors (Lipinski definition) is 0. The molecular formula is C4H9NO2S. The number of sulfone groups is 1. The molecule has 0 N–H and O–H groups in total. The van der Waals surface area contributed by atoms with Gasteiger partial charge in [0, 0.05) is 6.54 Å². The van der Waals surface area contributed by atoms with Crippen LogP contribution in [-0.2, 0) is 9.84 Å². The van der Waals surface area contributed by atoms with Crippen LogP contribution in [-0.4, -0.2) is 38.5 Å². The molecule has 0 bridgehead atoms. The van der Waals surface area contributed by atoms with Crippen molar-refractivity contribution in [3.8, 4) is 0 Å². The minimum absolute atomic E-state index is 0.243. The van der Waals surface area contributed by atoms with Crippen LogP contribution in [0.1, 0.15) is 0 Å². The van der Waals surface area contributed by atoms with E-state index in [4.69, 9.17) is 0 Å². The first-order valence-electron chi connectivity index (χ1n) is 2.49. The molecule has 0 radical (unpaired) electrons. The minimum atomic E-state index is -2.67. The molecule has 0 amide bonds. The highest BCUT2D eigenvalue weighted by Crippen LogP contribution is 2.02. The van der Waals surface area contributed by atoms with E-state index in [1.54, 1.807) is 4.90 Å². The van der Waals surface area contributed by atoms with Crippen LogP contribution in [0.25, 0.3) is 0 Å². The molecule has 1 saturated heterocycles. The van der Waals surface area contributed by atoms with Gasteiger partial charge in [-0.25, -0.2) is 8.42 Å². The standard InChI is InChI=1S/C4H9NO2S/c1-5-2-3-8(6,7)4-5/h2-4H2,1H3. The van der Waals surface area contributed by atoms with Crippen LogP contribution in [0.2, 0.25) is 0 Å². The summed E-state index contributed by atoms with van der Waals surface area (Å²) in [5.41, 5.74) is 0. The molecule has 1 aliphatic heterocycles. The third-order valence-corrected chi connectivity index (χ3v) is 2.84. The minimum Gasteiger partial charge on any atom is -0.292 e. The van der Waals surface area contributed by atoms with Crippen molar-refractivity contribution in [3.05, 3.63) is 0 Å². The van der Waals surface area contributed by atoms with Gasteiger partial charge in [-0.15, -0.1) is 0 Å². The van der Waals surface area contributed by atoms with Crippen LogP contribution in [0.4, 0.5) is 0 Å². The van der Waals surface area contributed by atoms with Gasteiger partial charge < -0.3 is 0 Å². The molecule has 0 aromatic carbocycles. The summed E-state index contributed by atoms with van der Waals surface area (Å²) >= 11 is 0. The molecule has 0 aliphatic carbocycles. The molecule has 0 spiro atoms. The van der Waals surface area contributed by atoms with E-state index >= 15 is 0 Å². The van der Waals surface area contributed by atoms with Crippen LogP contribution in [0, 0.1) is 0 Å². The van der Waals surface area contributed by atoms with Gasteiger partial charge in [0.2, 0.25) is 0 Å². The van der Waals surface area contributed by atoms with E-state index in [0.717, 1.165) is 0 Å². The lowest BCUT2D eigenvalue weighted by Gasteiger charge is -1.99. The molecule has 4 heteroatoms. The number of rotatable bonds is 0. The van der Waals surface area contributed by atoms with Crippen molar-refractivity contribution in [2.75, 3.05) is 25.2 Å². The largest absolute Gasteiger partial charge is 0.292 e. The molecule has 0 aromatic rings. The molecule has 0 unspecified atom stereocenters. The average Bonchev–Trinajstić information content (AvgIpc) is 1.82. The van der Waals surface area contributed by atoms with E-state index in [9.17, 15) is 8.42 Å². The summed E-state index contributed by atoms with van der Waals surface area (Å²) in [6.07, 6.45) is 0. The molecule has 1 rings (SSSR count). The first kappa shape index (κ1) is 6.04. The number of nitrogens with zero attached hydrogens (tertiary/aromatic N) is 1. The van der Waals surface area contributed by atoms with Crippen LogP contribution in [0.3, 0.4) is 0 Å². The predicted octanol–water partition coefficient (Wildman–Crippen LogP) is -0.696. The highest BCUT2D eigenvalue weighted by Gasteiger charge is 2.21. The van der Waals surface area contributed by atoms with Crippen molar-refractivity contribution in [2.45, 2.75) is 0 Å². The average molecular weight is 135 g/mol. The van der Waals surface area contributed by atoms with E-state index < -0.39 is 9.84 Å². The van der Waals surface area contributed by atoms with Gasteiger partial charge in [-0.1, -0.05) is 0 Å². The van der Waals surface area contributed by atoms with E-state index in [-0.39, 0.29) is 5.88 Å². The molecule has 1 heterocycles. The van der Waals surface area contributed by atoms with Crippen LogP contribution < -0.4 is 0 Å². The Balaban J connectivity index is 2.71. The van der Waals surface area contributed by atoms with E-state index in [2.05, 4.69) is 0 Å². The molecule has 8 heavy (non-hydrogen) atoms. The first-order chi connectivity index (χ1) is 3.60. The topological polar surface area (TPSA) is 37.4 Å². The Morgan fingerprint density at radius 3 is 2.25 bits per heavy atom. The van der Waals surface area contributed by atoms with E-state index in [1.807, 2.05) is 7.05 Å². The maximum atomic E-state index is 10.6. The molecular weight excluding hydrogens is 126 g/mol. The monoisotopic (exact) mass is 135 g/mol. The maximum absolute atomic E-state index is 10.6. The maximum Gasteiger partial charge on any atom is 0.164 e. The fourth-order valence-electron chi connectivity index (χ4n) is 0.760. The van der Waals surface area contributed by atoms with E-state index in [1.165, 1.54) is 0 Å². The lowest BCUT2D eigenvalue weighted by molar-refractivity contribution is 0.435. The summed E-state index contributed by atoms with van der Waals surface area (Å²) in [6.45, 7) is 0.697. The molecule has 0 atom stereocenters. The second-order valence-corrected chi connectivity index (χ2v) is 4.31. The Bertz CT molecular complexity index is 172. The van der Waals surface area contributed by atoms with Gasteiger partial charge in [-0.2, -0.15) is 0 Å². The molecule has 0 aromatic heterocycles. The van der Waals surface area contributed by atoms with Crippen molar-refractivity contribution in [1.29, 1.82) is 0 Å².